The minimum Gasteiger partial charge on any atom is -0.508 e. The number of hydrogen-bond acceptors (Lipinski definition) is 14. The summed E-state index contributed by atoms with van der Waals surface area (Å²) < 4.78 is 28.4. The van der Waals surface area contributed by atoms with Gasteiger partial charge in [0.05, 0.1) is 31.0 Å². The van der Waals surface area contributed by atoms with Crippen molar-refractivity contribution in [3.05, 3.63) is 47.6 Å². The van der Waals surface area contributed by atoms with Crippen molar-refractivity contribution in [1.29, 1.82) is 0 Å². The Labute approximate surface area is 261 Å². The summed E-state index contributed by atoms with van der Waals surface area (Å²) in [5.41, 5.74) is 0.138. The van der Waals surface area contributed by atoms with E-state index in [-0.39, 0.29) is 12.4 Å². The van der Waals surface area contributed by atoms with Crippen LogP contribution in [0.4, 0.5) is 0 Å². The maximum absolute atomic E-state index is 12.8. The highest BCUT2D eigenvalue weighted by molar-refractivity contribution is 5.87. The Kier molecular flexibility index (Phi) is 13.5. The highest BCUT2D eigenvalue weighted by Crippen LogP contribution is 2.31. The van der Waals surface area contributed by atoms with E-state index in [1.54, 1.807) is 25.1 Å². The van der Waals surface area contributed by atoms with E-state index < -0.39 is 85.7 Å². The SMILES string of the molecule is C/C(=C\CO[C@@H]1O[C@H](CO)[C@@H](OC(=O)/C=C/c2ccc(O)cc2)[C@H](O[C@@H]2O[C@@H](C)[C@H](O)[C@@H](O)[C@H]2O)[C@H]1O)CC[C@@H](O)C(C)(C)O. The Balaban J connectivity index is 1.77. The van der Waals surface area contributed by atoms with Crippen molar-refractivity contribution in [1.82, 2.24) is 0 Å². The fraction of sp³-hybridized carbons (Fsp3) is 0.645. The number of benzene rings is 1. The first kappa shape index (κ1) is 37.0. The van der Waals surface area contributed by atoms with Crippen LogP contribution in [-0.2, 0) is 28.5 Å². The monoisotopic (exact) mass is 642 g/mol. The largest absolute Gasteiger partial charge is 0.508 e. The lowest BCUT2D eigenvalue weighted by molar-refractivity contribution is -0.356. The minimum absolute atomic E-state index is 0.0416. The molecular weight excluding hydrogens is 596 g/mol. The van der Waals surface area contributed by atoms with Crippen LogP contribution in [0.3, 0.4) is 0 Å². The number of allylic oxidation sites excluding steroid dienone is 1. The van der Waals surface area contributed by atoms with Crippen molar-refractivity contribution in [2.24, 2.45) is 0 Å². The molecule has 0 unspecified atom stereocenters. The average molecular weight is 643 g/mol. The Bertz CT molecular complexity index is 1130. The first-order chi connectivity index (χ1) is 21.1. The summed E-state index contributed by atoms with van der Waals surface area (Å²) in [5.74, 6) is -0.851. The smallest absolute Gasteiger partial charge is 0.331 e. The summed E-state index contributed by atoms with van der Waals surface area (Å²) in [4.78, 5) is 12.8. The molecule has 45 heavy (non-hydrogen) atoms. The van der Waals surface area contributed by atoms with E-state index in [9.17, 15) is 45.6 Å². The highest BCUT2D eigenvalue weighted by Gasteiger charge is 2.52. The zero-order chi connectivity index (χ0) is 33.5. The predicted octanol–water partition coefficient (Wildman–Crippen LogP) is -0.517. The van der Waals surface area contributed by atoms with Gasteiger partial charge < -0.3 is 64.5 Å². The number of aliphatic hydroxyl groups is 7. The number of aromatic hydroxyl groups is 1. The molecule has 1 aromatic rings. The van der Waals surface area contributed by atoms with Crippen molar-refractivity contribution in [3.8, 4) is 5.75 Å². The molecule has 0 radical (unpaired) electrons. The topological polar surface area (TPSA) is 225 Å². The first-order valence-electron chi connectivity index (χ1n) is 14.8. The molecular formula is C31H46O14. The molecule has 2 aliphatic heterocycles. The third-order valence-electron chi connectivity index (χ3n) is 7.77. The number of hydrogen-bond donors (Lipinski definition) is 8. The van der Waals surface area contributed by atoms with E-state index >= 15 is 0 Å². The highest BCUT2D eigenvalue weighted by atomic mass is 16.7. The zero-order valence-corrected chi connectivity index (χ0v) is 25.7. The van der Waals surface area contributed by atoms with Crippen molar-refractivity contribution in [3.63, 3.8) is 0 Å². The van der Waals surface area contributed by atoms with E-state index in [0.29, 0.717) is 18.4 Å². The molecule has 1 aromatic carbocycles. The van der Waals surface area contributed by atoms with Gasteiger partial charge in [-0.25, -0.2) is 4.79 Å². The molecule has 0 amide bonds. The van der Waals surface area contributed by atoms with Crippen LogP contribution in [0.15, 0.2) is 42.0 Å². The minimum atomic E-state index is -1.74. The zero-order valence-electron chi connectivity index (χ0n) is 25.7. The van der Waals surface area contributed by atoms with Crippen LogP contribution in [0.25, 0.3) is 6.08 Å². The maximum atomic E-state index is 12.8. The van der Waals surface area contributed by atoms with Crippen LogP contribution in [0.2, 0.25) is 0 Å². The van der Waals surface area contributed by atoms with E-state index in [1.807, 2.05) is 0 Å². The molecule has 0 bridgehead atoms. The molecule has 2 heterocycles. The van der Waals surface area contributed by atoms with Gasteiger partial charge in [0.2, 0.25) is 0 Å². The summed E-state index contributed by atoms with van der Waals surface area (Å²) in [6.07, 6.45) is -10.6. The quantitative estimate of drug-likeness (QED) is 0.0771. The lowest BCUT2D eigenvalue weighted by Crippen LogP contribution is -2.65. The third-order valence-corrected chi connectivity index (χ3v) is 7.77. The number of phenols is 1. The Morgan fingerprint density at radius 2 is 1.67 bits per heavy atom. The molecule has 11 atom stereocenters. The number of rotatable bonds is 13. The van der Waals surface area contributed by atoms with Crippen LogP contribution >= 0.6 is 0 Å². The summed E-state index contributed by atoms with van der Waals surface area (Å²) in [6, 6.07) is 5.98. The molecule has 0 aliphatic carbocycles. The van der Waals surface area contributed by atoms with Gasteiger partial charge >= 0.3 is 5.97 Å². The fourth-order valence-electron chi connectivity index (χ4n) is 4.79. The molecule has 0 spiro atoms. The molecule has 0 aromatic heterocycles. The summed E-state index contributed by atoms with van der Waals surface area (Å²) in [5, 5.41) is 81.7. The standard InChI is InChI=1S/C31H46O14/c1-16(5-11-21(34)31(3,4)40)13-14-41-29-26(39)28(45-30-25(38)24(37)23(36)17(2)42-30)27(20(15-32)43-29)44-22(35)12-8-18-6-9-19(33)10-7-18/h6-10,12-13,17,20-21,23-30,32-34,36-40H,5,11,14-15H2,1-4H3/b12-8+,16-13+/t17-,20+,21+,23-,24+,25+,26+,27+,28+,29+,30-/m0/s1. The summed E-state index contributed by atoms with van der Waals surface area (Å²) >= 11 is 0. The van der Waals surface area contributed by atoms with Gasteiger partial charge in [-0.1, -0.05) is 23.8 Å². The number of carbonyl (C=O) groups is 1. The Morgan fingerprint density at radius 1 is 1.00 bits per heavy atom. The van der Waals surface area contributed by atoms with Crippen molar-refractivity contribution < 1.29 is 69.3 Å². The molecule has 254 valence electrons. The fourth-order valence-corrected chi connectivity index (χ4v) is 4.79. The van der Waals surface area contributed by atoms with E-state index in [2.05, 4.69) is 0 Å². The van der Waals surface area contributed by atoms with Crippen LogP contribution in [0, 0.1) is 0 Å². The molecule has 2 aliphatic rings. The third kappa shape index (κ3) is 10.3. The van der Waals surface area contributed by atoms with E-state index in [0.717, 1.165) is 11.6 Å². The lowest BCUT2D eigenvalue weighted by Gasteiger charge is -2.46. The number of aliphatic hydroxyl groups excluding tert-OH is 6. The summed E-state index contributed by atoms with van der Waals surface area (Å²) in [6.45, 7) is 5.50. The van der Waals surface area contributed by atoms with Gasteiger partial charge in [-0.3, -0.25) is 0 Å². The molecule has 2 fully saturated rings. The molecule has 3 rings (SSSR count). The second-order valence-electron chi connectivity index (χ2n) is 11.9. The Hall–Kier alpha value is -2.47. The predicted molar refractivity (Wildman–Crippen MR) is 157 cm³/mol. The van der Waals surface area contributed by atoms with Crippen molar-refractivity contribution >= 4 is 12.0 Å². The second-order valence-corrected chi connectivity index (χ2v) is 11.9. The Morgan fingerprint density at radius 3 is 2.29 bits per heavy atom. The van der Waals surface area contributed by atoms with Gasteiger partial charge in [0.1, 0.15) is 42.4 Å². The number of ether oxygens (including phenoxy) is 5. The van der Waals surface area contributed by atoms with Crippen LogP contribution in [0.1, 0.15) is 46.1 Å². The lowest BCUT2D eigenvalue weighted by atomic mass is 9.96. The second kappa shape index (κ2) is 16.4. The maximum Gasteiger partial charge on any atom is 0.331 e. The molecule has 8 N–H and O–H groups in total. The van der Waals surface area contributed by atoms with Gasteiger partial charge in [0.25, 0.3) is 0 Å². The van der Waals surface area contributed by atoms with Gasteiger partial charge in [0, 0.05) is 6.08 Å². The number of carbonyl (C=O) groups excluding carboxylic acids is 1. The van der Waals surface area contributed by atoms with Gasteiger partial charge in [-0.05, 0) is 64.3 Å². The molecule has 2 saturated heterocycles. The normalized spacial score (nSPS) is 33.7. The van der Waals surface area contributed by atoms with Gasteiger partial charge in [-0.15, -0.1) is 0 Å². The molecule has 14 heteroatoms. The van der Waals surface area contributed by atoms with Crippen molar-refractivity contribution in [2.45, 2.75) is 114 Å². The van der Waals surface area contributed by atoms with Gasteiger partial charge in [0.15, 0.2) is 18.7 Å². The van der Waals surface area contributed by atoms with Crippen LogP contribution in [0.5, 0.6) is 5.75 Å². The molecule has 14 nitrogen and oxygen atoms in total. The van der Waals surface area contributed by atoms with Crippen molar-refractivity contribution in [2.75, 3.05) is 13.2 Å². The van der Waals surface area contributed by atoms with Crippen LogP contribution < -0.4 is 0 Å². The number of esters is 1. The van der Waals surface area contributed by atoms with E-state index in [4.69, 9.17) is 23.7 Å². The average Bonchev–Trinajstić information content (AvgIpc) is 2.99. The van der Waals surface area contributed by atoms with E-state index in [1.165, 1.54) is 39.0 Å². The number of phenolic OH excluding ortho intramolecular Hbond substituents is 1. The molecule has 0 saturated carbocycles. The first-order valence-corrected chi connectivity index (χ1v) is 14.8. The van der Waals surface area contributed by atoms with Crippen LogP contribution in [-0.4, -0.2) is 133 Å². The summed E-state index contributed by atoms with van der Waals surface area (Å²) in [7, 11) is 0. The van der Waals surface area contributed by atoms with Gasteiger partial charge in [-0.2, -0.15) is 0 Å².